The summed E-state index contributed by atoms with van der Waals surface area (Å²) in [6.07, 6.45) is 1.94. The number of Topliss-reactive ketones (excluding diaryl/α,β-unsaturated/α-hetero) is 1. The summed E-state index contributed by atoms with van der Waals surface area (Å²) in [6.45, 7) is 6.09. The number of amides is 1. The predicted octanol–water partition coefficient (Wildman–Crippen LogP) is 6.23. The lowest BCUT2D eigenvalue weighted by atomic mass is 9.97. The third kappa shape index (κ3) is 4.09. The molecule has 1 aromatic heterocycles. The number of carbonyl (C=O) groups is 2. The van der Waals surface area contributed by atoms with Crippen LogP contribution in [0.15, 0.2) is 75.9 Å². The van der Waals surface area contributed by atoms with Crippen molar-refractivity contribution in [1.29, 1.82) is 0 Å². The lowest BCUT2D eigenvalue weighted by molar-refractivity contribution is 0.0970. The van der Waals surface area contributed by atoms with Crippen LogP contribution in [0.1, 0.15) is 70.3 Å². The number of aryl methyl sites for hydroxylation is 1. The van der Waals surface area contributed by atoms with E-state index in [0.29, 0.717) is 40.1 Å². The quantitative estimate of drug-likeness (QED) is 0.231. The molecule has 0 saturated heterocycles. The lowest BCUT2D eigenvalue weighted by Gasteiger charge is -2.25. The maximum Gasteiger partial charge on any atom is 0.295 e. The molecule has 0 spiro atoms. The van der Waals surface area contributed by atoms with Crippen LogP contribution in [-0.4, -0.2) is 18.3 Å². The second-order valence-electron chi connectivity index (χ2n) is 9.13. The van der Waals surface area contributed by atoms with Gasteiger partial charge in [-0.05, 0) is 74.4 Å². The van der Waals surface area contributed by atoms with E-state index < -0.39 is 11.9 Å². The summed E-state index contributed by atoms with van der Waals surface area (Å²) < 4.78 is 12.0. The molecule has 6 heteroatoms. The number of hydrogen-bond acceptors (Lipinski definition) is 5. The summed E-state index contributed by atoms with van der Waals surface area (Å²) in [5, 5.41) is 0.440. The number of ether oxygens (including phenoxy) is 1. The molecule has 0 fully saturated rings. The molecule has 36 heavy (non-hydrogen) atoms. The number of carbonyl (C=O) groups excluding carboxylic acids is 2. The molecule has 6 nitrogen and oxygen atoms in total. The maximum absolute atomic E-state index is 13.8. The number of ketones is 1. The SMILES string of the molecule is CCCCOc1cccc(C2c3c(oc4ccc(C)cc4c3=O)C(=O)N2c2ccc(C(C)=O)cc2)c1. The summed E-state index contributed by atoms with van der Waals surface area (Å²) >= 11 is 0. The second kappa shape index (κ2) is 9.46. The molecule has 0 N–H and O–H groups in total. The first-order valence-electron chi connectivity index (χ1n) is 12.1. The zero-order chi connectivity index (χ0) is 25.4. The zero-order valence-corrected chi connectivity index (χ0v) is 20.5. The van der Waals surface area contributed by atoms with E-state index in [1.165, 1.54) is 6.92 Å². The van der Waals surface area contributed by atoms with Crippen molar-refractivity contribution >= 4 is 28.3 Å². The molecule has 3 aromatic carbocycles. The Morgan fingerprint density at radius 1 is 1.03 bits per heavy atom. The number of hydrogen-bond donors (Lipinski definition) is 0. The number of rotatable bonds is 7. The molecule has 2 heterocycles. The van der Waals surface area contributed by atoms with Crippen molar-refractivity contribution in [3.63, 3.8) is 0 Å². The first-order valence-corrected chi connectivity index (χ1v) is 12.1. The Balaban J connectivity index is 1.70. The second-order valence-corrected chi connectivity index (χ2v) is 9.13. The van der Waals surface area contributed by atoms with Crippen molar-refractivity contribution in [1.82, 2.24) is 0 Å². The Kier molecular flexibility index (Phi) is 6.18. The largest absolute Gasteiger partial charge is 0.494 e. The highest BCUT2D eigenvalue weighted by Crippen LogP contribution is 2.42. The van der Waals surface area contributed by atoms with Crippen LogP contribution in [0.25, 0.3) is 11.0 Å². The first-order chi connectivity index (χ1) is 17.4. The van der Waals surface area contributed by atoms with E-state index >= 15 is 0 Å². The monoisotopic (exact) mass is 481 g/mol. The molecule has 1 aliphatic rings. The number of nitrogens with zero attached hydrogens (tertiary/aromatic N) is 1. The van der Waals surface area contributed by atoms with Crippen LogP contribution in [0.5, 0.6) is 5.75 Å². The number of fused-ring (bicyclic) bond motifs is 2. The van der Waals surface area contributed by atoms with Gasteiger partial charge in [-0.25, -0.2) is 0 Å². The summed E-state index contributed by atoms with van der Waals surface area (Å²) in [4.78, 5) is 40.9. The van der Waals surface area contributed by atoms with E-state index in [4.69, 9.17) is 9.15 Å². The third-order valence-corrected chi connectivity index (χ3v) is 6.52. The summed E-state index contributed by atoms with van der Waals surface area (Å²) in [5.74, 6) is 0.246. The Labute approximate surface area is 209 Å². The standard InChI is InChI=1S/C30H27NO5/c1-4-5-15-35-23-8-6-7-21(17-23)27-26-28(33)24-16-18(2)9-14-25(24)36-29(26)30(34)31(27)22-12-10-20(11-13-22)19(3)32/h6-14,16-17,27H,4-5,15H2,1-3H3. The van der Waals surface area contributed by atoms with Crippen LogP contribution in [0.3, 0.4) is 0 Å². The van der Waals surface area contributed by atoms with Crippen LogP contribution in [-0.2, 0) is 0 Å². The van der Waals surface area contributed by atoms with Gasteiger partial charge in [0.2, 0.25) is 5.76 Å². The Bertz CT molecular complexity index is 1530. The highest BCUT2D eigenvalue weighted by Gasteiger charge is 2.43. The molecule has 0 bridgehead atoms. The van der Waals surface area contributed by atoms with Crippen LogP contribution < -0.4 is 15.1 Å². The van der Waals surface area contributed by atoms with Crippen LogP contribution in [0, 0.1) is 6.92 Å². The Morgan fingerprint density at radius 3 is 2.53 bits per heavy atom. The van der Waals surface area contributed by atoms with E-state index in [-0.39, 0.29) is 17.0 Å². The van der Waals surface area contributed by atoms with Gasteiger partial charge in [-0.15, -0.1) is 0 Å². The molecule has 0 radical (unpaired) electrons. The lowest BCUT2D eigenvalue weighted by Crippen LogP contribution is -2.29. The van der Waals surface area contributed by atoms with Gasteiger partial charge in [-0.3, -0.25) is 19.3 Å². The van der Waals surface area contributed by atoms with Gasteiger partial charge in [-0.2, -0.15) is 0 Å². The molecule has 1 unspecified atom stereocenters. The molecular formula is C30H27NO5. The van der Waals surface area contributed by atoms with Crippen LogP contribution in [0.4, 0.5) is 5.69 Å². The minimum absolute atomic E-state index is 0.0364. The van der Waals surface area contributed by atoms with Crippen LogP contribution >= 0.6 is 0 Å². The normalized spacial score (nSPS) is 14.8. The molecule has 1 amide bonds. The van der Waals surface area contributed by atoms with Crippen molar-refractivity contribution in [3.8, 4) is 5.75 Å². The molecular weight excluding hydrogens is 454 g/mol. The fraction of sp³-hybridized carbons (Fsp3) is 0.233. The molecule has 4 aromatic rings. The van der Waals surface area contributed by atoms with Crippen molar-refractivity contribution in [2.45, 2.75) is 39.7 Å². The molecule has 1 atom stereocenters. The van der Waals surface area contributed by atoms with Gasteiger partial charge < -0.3 is 9.15 Å². The topological polar surface area (TPSA) is 76.8 Å². The van der Waals surface area contributed by atoms with E-state index in [1.807, 2.05) is 37.3 Å². The first kappa shape index (κ1) is 23.5. The maximum atomic E-state index is 13.8. The van der Waals surface area contributed by atoms with Crippen molar-refractivity contribution in [3.05, 3.63) is 105 Å². The fourth-order valence-electron chi connectivity index (χ4n) is 4.63. The smallest absolute Gasteiger partial charge is 0.295 e. The van der Waals surface area contributed by atoms with Gasteiger partial charge in [0.25, 0.3) is 5.91 Å². The number of anilines is 1. The summed E-state index contributed by atoms with van der Waals surface area (Å²) in [7, 11) is 0. The number of benzene rings is 3. The van der Waals surface area contributed by atoms with Gasteiger partial charge in [0.15, 0.2) is 11.2 Å². The third-order valence-electron chi connectivity index (χ3n) is 6.52. The molecule has 5 rings (SSSR count). The molecule has 1 aliphatic heterocycles. The van der Waals surface area contributed by atoms with Crippen molar-refractivity contribution in [2.24, 2.45) is 0 Å². The van der Waals surface area contributed by atoms with Crippen LogP contribution in [0.2, 0.25) is 0 Å². The van der Waals surface area contributed by atoms with Gasteiger partial charge in [0, 0.05) is 11.3 Å². The predicted molar refractivity (Wildman–Crippen MR) is 139 cm³/mol. The molecule has 0 aliphatic carbocycles. The summed E-state index contributed by atoms with van der Waals surface area (Å²) in [6, 6.07) is 19.0. The van der Waals surface area contributed by atoms with Gasteiger partial charge in [-0.1, -0.05) is 37.1 Å². The minimum atomic E-state index is -0.702. The highest BCUT2D eigenvalue weighted by molar-refractivity contribution is 6.11. The zero-order valence-electron chi connectivity index (χ0n) is 20.5. The van der Waals surface area contributed by atoms with Crippen molar-refractivity contribution in [2.75, 3.05) is 11.5 Å². The Morgan fingerprint density at radius 2 is 1.81 bits per heavy atom. The van der Waals surface area contributed by atoms with Gasteiger partial charge >= 0.3 is 0 Å². The van der Waals surface area contributed by atoms with E-state index in [0.717, 1.165) is 24.0 Å². The molecule has 182 valence electrons. The minimum Gasteiger partial charge on any atom is -0.494 e. The van der Waals surface area contributed by atoms with E-state index in [9.17, 15) is 14.4 Å². The van der Waals surface area contributed by atoms with Gasteiger partial charge in [0.1, 0.15) is 11.3 Å². The van der Waals surface area contributed by atoms with E-state index in [2.05, 4.69) is 6.92 Å². The Hall–Kier alpha value is -4.19. The van der Waals surface area contributed by atoms with Crippen molar-refractivity contribution < 1.29 is 18.7 Å². The number of unbranched alkanes of at least 4 members (excludes halogenated alkanes) is 1. The van der Waals surface area contributed by atoms with E-state index in [1.54, 1.807) is 41.3 Å². The summed E-state index contributed by atoms with van der Waals surface area (Å²) in [5.41, 5.74) is 3.24. The average molecular weight is 482 g/mol. The fourth-order valence-corrected chi connectivity index (χ4v) is 4.63. The molecule has 0 saturated carbocycles. The highest BCUT2D eigenvalue weighted by atomic mass is 16.5. The van der Waals surface area contributed by atoms with Gasteiger partial charge in [0.05, 0.1) is 23.6 Å². The average Bonchev–Trinajstić information content (AvgIpc) is 3.17.